The maximum atomic E-state index is 12.2. The Labute approximate surface area is 121 Å². The van der Waals surface area contributed by atoms with Crippen LogP contribution in [0, 0.1) is 5.92 Å². The number of carboxylic acids is 1. The molecule has 1 unspecified atom stereocenters. The summed E-state index contributed by atoms with van der Waals surface area (Å²) in [5, 5.41) is 9.04. The molecule has 1 heterocycles. The molecule has 0 fully saturated rings. The number of aliphatic carboxylic acids is 1. The number of carbonyl (C=O) groups excluding carboxylic acids is 1. The Kier molecular flexibility index (Phi) is 4.49. The quantitative estimate of drug-likeness (QED) is 0.865. The lowest BCUT2D eigenvalue weighted by Gasteiger charge is -2.13. The molecule has 0 saturated carbocycles. The Morgan fingerprint density at radius 1 is 1.35 bits per heavy atom. The Morgan fingerprint density at radius 2 is 2.05 bits per heavy atom. The summed E-state index contributed by atoms with van der Waals surface area (Å²) in [5.41, 5.74) is 0.341. The van der Waals surface area contributed by atoms with Gasteiger partial charge in [-0.1, -0.05) is 18.5 Å². The number of benzene rings is 1. The number of carbonyl (C=O) groups is 2. The summed E-state index contributed by atoms with van der Waals surface area (Å²) < 4.78 is 11.0. The Morgan fingerprint density at radius 3 is 2.75 bits per heavy atom. The first kappa shape index (κ1) is 14.7. The fraction of sp³-hybridized carbons (Fsp3) is 0.429. The first-order valence-electron chi connectivity index (χ1n) is 6.34. The van der Waals surface area contributed by atoms with Gasteiger partial charge in [0.1, 0.15) is 0 Å². The number of fused-ring (bicyclic) bond motifs is 1. The number of rotatable bonds is 4. The van der Waals surface area contributed by atoms with E-state index in [0.29, 0.717) is 35.3 Å². The number of hydrogen-bond acceptors (Lipinski definition) is 4. The summed E-state index contributed by atoms with van der Waals surface area (Å²) in [6.45, 7) is 2.58. The molecule has 0 aliphatic carbocycles. The zero-order valence-electron chi connectivity index (χ0n) is 11.0. The molecular formula is C14H15ClO5. The number of ketones is 1. The highest BCUT2D eigenvalue weighted by Gasteiger charge is 2.22. The Bertz CT molecular complexity index is 541. The van der Waals surface area contributed by atoms with Gasteiger partial charge in [-0.2, -0.15) is 0 Å². The van der Waals surface area contributed by atoms with E-state index in [1.807, 2.05) is 0 Å². The third-order valence-electron chi connectivity index (χ3n) is 3.02. The first-order valence-corrected chi connectivity index (χ1v) is 6.72. The predicted octanol–water partition coefficient (Wildman–Crippen LogP) is 2.79. The summed E-state index contributed by atoms with van der Waals surface area (Å²) in [7, 11) is 0. The van der Waals surface area contributed by atoms with Crippen LogP contribution >= 0.6 is 11.6 Å². The summed E-state index contributed by atoms with van der Waals surface area (Å²) in [4.78, 5) is 22.9. The molecule has 1 aromatic carbocycles. The van der Waals surface area contributed by atoms with Crippen LogP contribution in [0.4, 0.5) is 0 Å². The van der Waals surface area contributed by atoms with Gasteiger partial charge in [-0.15, -0.1) is 0 Å². The zero-order valence-corrected chi connectivity index (χ0v) is 11.8. The van der Waals surface area contributed by atoms with Crippen LogP contribution in [0.3, 0.4) is 0 Å². The van der Waals surface area contributed by atoms with E-state index in [9.17, 15) is 9.59 Å². The summed E-state index contributed by atoms with van der Waals surface area (Å²) in [6, 6.07) is 3.06. The number of Topliss-reactive ketones (excluding diaryl/α,β-unsaturated/α-hetero) is 1. The zero-order chi connectivity index (χ0) is 14.7. The van der Waals surface area contributed by atoms with E-state index in [0.717, 1.165) is 6.42 Å². The molecule has 0 amide bonds. The third kappa shape index (κ3) is 3.22. The lowest BCUT2D eigenvalue weighted by molar-refractivity contribution is -0.137. The molecule has 20 heavy (non-hydrogen) atoms. The van der Waals surface area contributed by atoms with Crippen molar-refractivity contribution in [3.8, 4) is 11.5 Å². The van der Waals surface area contributed by atoms with E-state index in [4.69, 9.17) is 26.2 Å². The number of ether oxygens (including phenoxy) is 2. The number of halogens is 1. The van der Waals surface area contributed by atoms with Crippen molar-refractivity contribution in [1.29, 1.82) is 0 Å². The lowest BCUT2D eigenvalue weighted by Crippen LogP contribution is -2.15. The molecule has 1 aliphatic heterocycles. The van der Waals surface area contributed by atoms with E-state index in [1.54, 1.807) is 13.0 Å². The largest absolute Gasteiger partial charge is 0.489 e. The molecule has 0 spiro atoms. The second-order valence-electron chi connectivity index (χ2n) is 4.70. The van der Waals surface area contributed by atoms with Crippen LogP contribution in [-0.2, 0) is 4.79 Å². The average Bonchev–Trinajstić information content (AvgIpc) is 2.62. The number of carboxylic acid groups (broad SMARTS) is 1. The van der Waals surface area contributed by atoms with Crippen molar-refractivity contribution in [3.05, 3.63) is 22.7 Å². The first-order chi connectivity index (χ1) is 9.49. The van der Waals surface area contributed by atoms with Crippen LogP contribution < -0.4 is 9.47 Å². The minimum Gasteiger partial charge on any atom is -0.489 e. The standard InChI is InChI=1S/C14H15ClO5/c1-8(5-12(16)17)13(18)9-6-10(15)14-11(7-9)19-3-2-4-20-14/h6-8H,2-5H2,1H3,(H,16,17). The second-order valence-corrected chi connectivity index (χ2v) is 5.11. The van der Waals surface area contributed by atoms with E-state index >= 15 is 0 Å². The fourth-order valence-electron chi connectivity index (χ4n) is 2.01. The number of hydrogen-bond donors (Lipinski definition) is 1. The lowest BCUT2D eigenvalue weighted by atomic mass is 9.96. The molecule has 0 bridgehead atoms. The highest BCUT2D eigenvalue weighted by Crippen LogP contribution is 2.38. The third-order valence-corrected chi connectivity index (χ3v) is 3.30. The molecule has 1 aromatic rings. The van der Waals surface area contributed by atoms with Crippen molar-refractivity contribution in [2.75, 3.05) is 13.2 Å². The van der Waals surface area contributed by atoms with Gasteiger partial charge in [-0.05, 0) is 12.1 Å². The molecule has 1 N–H and O–H groups in total. The van der Waals surface area contributed by atoms with E-state index in [2.05, 4.69) is 0 Å². The highest BCUT2D eigenvalue weighted by atomic mass is 35.5. The average molecular weight is 299 g/mol. The van der Waals surface area contributed by atoms with Gasteiger partial charge in [0.25, 0.3) is 0 Å². The maximum Gasteiger partial charge on any atom is 0.304 e. The summed E-state index contributed by atoms with van der Waals surface area (Å²) >= 11 is 6.10. The van der Waals surface area contributed by atoms with Gasteiger partial charge in [0, 0.05) is 17.9 Å². The molecule has 1 atom stereocenters. The van der Waals surface area contributed by atoms with Crippen molar-refractivity contribution in [3.63, 3.8) is 0 Å². The van der Waals surface area contributed by atoms with Gasteiger partial charge in [-0.25, -0.2) is 0 Å². The van der Waals surface area contributed by atoms with Gasteiger partial charge in [0.15, 0.2) is 17.3 Å². The minimum atomic E-state index is -1.01. The normalized spacial score (nSPS) is 15.3. The molecule has 1 aliphatic rings. The molecule has 2 rings (SSSR count). The highest BCUT2D eigenvalue weighted by molar-refractivity contribution is 6.32. The van der Waals surface area contributed by atoms with E-state index in [1.165, 1.54) is 6.07 Å². The molecule has 5 nitrogen and oxygen atoms in total. The molecule has 6 heteroatoms. The van der Waals surface area contributed by atoms with Crippen molar-refractivity contribution in [1.82, 2.24) is 0 Å². The second kappa shape index (κ2) is 6.13. The van der Waals surface area contributed by atoms with Gasteiger partial charge in [-0.3, -0.25) is 9.59 Å². The molecular weight excluding hydrogens is 284 g/mol. The minimum absolute atomic E-state index is 0.217. The topological polar surface area (TPSA) is 72.8 Å². The smallest absolute Gasteiger partial charge is 0.304 e. The predicted molar refractivity (Wildman–Crippen MR) is 72.8 cm³/mol. The van der Waals surface area contributed by atoms with E-state index in [-0.39, 0.29) is 12.2 Å². The molecule has 108 valence electrons. The van der Waals surface area contributed by atoms with E-state index < -0.39 is 11.9 Å². The van der Waals surface area contributed by atoms with Crippen LogP contribution in [-0.4, -0.2) is 30.1 Å². The summed E-state index contributed by atoms with van der Waals surface area (Å²) in [5.74, 6) is -1.03. The molecule has 0 saturated heterocycles. The SMILES string of the molecule is CC(CC(=O)O)C(=O)c1cc(Cl)c2c(c1)OCCCO2. The van der Waals surface area contributed by atoms with Crippen molar-refractivity contribution in [2.24, 2.45) is 5.92 Å². The molecule has 0 radical (unpaired) electrons. The van der Waals surface area contributed by atoms with Crippen molar-refractivity contribution >= 4 is 23.4 Å². The van der Waals surface area contributed by atoms with Gasteiger partial charge in [0.2, 0.25) is 0 Å². The molecule has 0 aromatic heterocycles. The van der Waals surface area contributed by atoms with Crippen molar-refractivity contribution in [2.45, 2.75) is 19.8 Å². The van der Waals surface area contributed by atoms with Crippen LogP contribution in [0.15, 0.2) is 12.1 Å². The Hall–Kier alpha value is -1.75. The van der Waals surface area contributed by atoms with Crippen molar-refractivity contribution < 1.29 is 24.2 Å². The van der Waals surface area contributed by atoms with Crippen LogP contribution in [0.5, 0.6) is 11.5 Å². The summed E-state index contributed by atoms with van der Waals surface area (Å²) in [6.07, 6.45) is 0.522. The monoisotopic (exact) mass is 298 g/mol. The van der Waals surface area contributed by atoms with Crippen LogP contribution in [0.2, 0.25) is 5.02 Å². The van der Waals surface area contributed by atoms with Gasteiger partial charge in [0.05, 0.1) is 24.7 Å². The van der Waals surface area contributed by atoms with Gasteiger partial charge >= 0.3 is 5.97 Å². The van der Waals surface area contributed by atoms with Crippen LogP contribution in [0.25, 0.3) is 0 Å². The Balaban J connectivity index is 2.29. The van der Waals surface area contributed by atoms with Gasteiger partial charge < -0.3 is 14.6 Å². The fourth-order valence-corrected chi connectivity index (χ4v) is 2.28. The maximum absolute atomic E-state index is 12.2. The van der Waals surface area contributed by atoms with Crippen LogP contribution in [0.1, 0.15) is 30.1 Å².